The summed E-state index contributed by atoms with van der Waals surface area (Å²) < 4.78 is 1.57. The van der Waals surface area contributed by atoms with Gasteiger partial charge in [-0.05, 0) is 71.3 Å². The Balaban J connectivity index is 1.09. The van der Waals surface area contributed by atoms with Gasteiger partial charge in [0.05, 0.1) is 5.02 Å². The minimum absolute atomic E-state index is 0.0720. The lowest BCUT2D eigenvalue weighted by Crippen LogP contribution is -2.36. The van der Waals surface area contributed by atoms with E-state index in [2.05, 4.69) is 45.3 Å². The van der Waals surface area contributed by atoms with Crippen molar-refractivity contribution in [1.82, 2.24) is 30.7 Å². The van der Waals surface area contributed by atoms with E-state index >= 15 is 0 Å². The van der Waals surface area contributed by atoms with Gasteiger partial charge in [0.25, 0.3) is 5.56 Å². The molecule has 5 aromatic rings. The van der Waals surface area contributed by atoms with Gasteiger partial charge in [-0.15, -0.1) is 0 Å². The Hall–Kier alpha value is -4.54. The van der Waals surface area contributed by atoms with Gasteiger partial charge in [-0.2, -0.15) is 0 Å². The van der Waals surface area contributed by atoms with Crippen LogP contribution in [0.5, 0.6) is 0 Å². The number of hydrogen-bond donors (Lipinski definition) is 4. The molecule has 4 heterocycles. The van der Waals surface area contributed by atoms with Crippen molar-refractivity contribution >= 4 is 40.7 Å². The number of benzene rings is 3. The summed E-state index contributed by atoms with van der Waals surface area (Å²) >= 11 is 13.9. The summed E-state index contributed by atoms with van der Waals surface area (Å²) in [6, 6.07) is 22.3. The van der Waals surface area contributed by atoms with Crippen molar-refractivity contribution in [2.75, 3.05) is 13.1 Å². The third-order valence-electron chi connectivity index (χ3n) is 9.66. The highest BCUT2D eigenvalue weighted by atomic mass is 35.5. The van der Waals surface area contributed by atoms with E-state index in [0.717, 1.165) is 57.3 Å². The first-order valence-corrected chi connectivity index (χ1v) is 17.7. The maximum Gasteiger partial charge on any atom is 0.262 e. The molecule has 256 valence electrons. The summed E-state index contributed by atoms with van der Waals surface area (Å²) in [7, 11) is 0. The third kappa shape index (κ3) is 7.18. The van der Waals surface area contributed by atoms with Gasteiger partial charge in [-0.25, -0.2) is 4.98 Å². The van der Waals surface area contributed by atoms with E-state index in [1.807, 2.05) is 54.6 Å². The van der Waals surface area contributed by atoms with Gasteiger partial charge in [0.1, 0.15) is 5.65 Å². The van der Waals surface area contributed by atoms with Crippen LogP contribution < -0.4 is 26.8 Å². The van der Waals surface area contributed by atoms with E-state index in [-0.39, 0.29) is 29.5 Å². The topological polar surface area (TPSA) is 117 Å². The number of halogens is 2. The molecule has 0 aliphatic carbocycles. The van der Waals surface area contributed by atoms with Crippen LogP contribution in [-0.2, 0) is 22.7 Å². The van der Waals surface area contributed by atoms with E-state index in [4.69, 9.17) is 23.2 Å². The molecule has 4 N–H and O–H groups in total. The second-order valence-corrected chi connectivity index (χ2v) is 13.8. The van der Waals surface area contributed by atoms with Gasteiger partial charge >= 0.3 is 0 Å². The van der Waals surface area contributed by atoms with Crippen LogP contribution in [0, 0.1) is 6.92 Å². The van der Waals surface area contributed by atoms with Crippen molar-refractivity contribution in [1.29, 1.82) is 0 Å². The molecule has 7 rings (SSSR count). The highest BCUT2D eigenvalue weighted by Gasteiger charge is 2.21. The number of hydrogen-bond acceptors (Lipinski definition) is 6. The van der Waals surface area contributed by atoms with E-state index in [0.29, 0.717) is 60.3 Å². The molecule has 9 nitrogen and oxygen atoms in total. The summed E-state index contributed by atoms with van der Waals surface area (Å²) in [5.74, 6) is 0.180. The van der Waals surface area contributed by atoms with Crippen LogP contribution in [0.2, 0.25) is 10.0 Å². The lowest BCUT2D eigenvalue weighted by atomic mass is 9.91. The number of nitrogens with zero attached hydrogens (tertiary/aromatic N) is 2. The Morgan fingerprint density at radius 1 is 0.760 bits per heavy atom. The first kappa shape index (κ1) is 33.9. The number of rotatable bonds is 11. The van der Waals surface area contributed by atoms with Crippen molar-refractivity contribution in [2.45, 2.75) is 57.8 Å². The number of pyridine rings is 1. The molecule has 0 unspecified atom stereocenters. The average molecular weight is 710 g/mol. The number of amides is 2. The molecule has 0 radical (unpaired) electrons. The highest BCUT2D eigenvalue weighted by molar-refractivity contribution is 6.36. The number of nitrogens with one attached hydrogen (secondary N) is 4. The molecule has 50 heavy (non-hydrogen) atoms. The molecule has 3 aromatic carbocycles. The summed E-state index contributed by atoms with van der Waals surface area (Å²) in [5, 5.41) is 13.9. The van der Waals surface area contributed by atoms with Crippen LogP contribution in [0.4, 0.5) is 0 Å². The van der Waals surface area contributed by atoms with E-state index in [1.165, 1.54) is 0 Å². The third-order valence-corrected chi connectivity index (χ3v) is 10.4. The second-order valence-electron chi connectivity index (χ2n) is 13.1. The quantitative estimate of drug-likeness (QED) is 0.133. The van der Waals surface area contributed by atoms with Gasteiger partial charge < -0.3 is 21.3 Å². The van der Waals surface area contributed by atoms with E-state index in [9.17, 15) is 14.4 Å². The van der Waals surface area contributed by atoms with Crippen molar-refractivity contribution in [3.8, 4) is 33.4 Å². The molecule has 0 bridgehead atoms. The fourth-order valence-electron chi connectivity index (χ4n) is 6.89. The summed E-state index contributed by atoms with van der Waals surface area (Å²) in [5.41, 5.74) is 8.72. The Morgan fingerprint density at radius 3 is 2.04 bits per heavy atom. The van der Waals surface area contributed by atoms with Gasteiger partial charge in [0, 0.05) is 85.2 Å². The molecule has 2 aliphatic rings. The van der Waals surface area contributed by atoms with Gasteiger partial charge in [-0.1, -0.05) is 71.7 Å². The Bertz CT molecular complexity index is 2170. The van der Waals surface area contributed by atoms with Gasteiger partial charge in [0.2, 0.25) is 11.8 Å². The molecule has 2 amide bonds. The maximum atomic E-state index is 13.3. The zero-order valence-electron chi connectivity index (χ0n) is 27.7. The fourth-order valence-corrected chi connectivity index (χ4v) is 7.47. The number of carbonyl (C=O) groups excluding carboxylic acids is 2. The van der Waals surface area contributed by atoms with Crippen molar-refractivity contribution in [3.63, 3.8) is 0 Å². The normalized spacial score (nSPS) is 17.3. The first-order chi connectivity index (χ1) is 24.2. The predicted octanol–water partition coefficient (Wildman–Crippen LogP) is 6.05. The lowest BCUT2D eigenvalue weighted by Gasteiger charge is -2.16. The van der Waals surface area contributed by atoms with Crippen molar-refractivity contribution in [2.24, 2.45) is 0 Å². The average Bonchev–Trinajstić information content (AvgIpc) is 3.73. The molecule has 2 aliphatic heterocycles. The number of carbonyl (C=O) groups is 2. The van der Waals surface area contributed by atoms with Crippen LogP contribution in [0.3, 0.4) is 0 Å². The first-order valence-electron chi connectivity index (χ1n) is 16.9. The summed E-state index contributed by atoms with van der Waals surface area (Å²) in [4.78, 5) is 40.8. The van der Waals surface area contributed by atoms with Crippen LogP contribution in [0.1, 0.15) is 42.4 Å². The monoisotopic (exact) mass is 708 g/mol. The maximum absolute atomic E-state index is 13.3. The van der Waals surface area contributed by atoms with Crippen LogP contribution in [-0.4, -0.2) is 46.4 Å². The van der Waals surface area contributed by atoms with Crippen LogP contribution in [0.25, 0.3) is 39.0 Å². The standard InChI is InChI=1S/C39H38Cl2N6O3/c1-23-30(25-14-15-47-35(17-25)44-20-27(39(47)50)19-43-22-29-11-13-37(49)46-29)4-2-5-31(23)33-7-3-6-32(38(33)41)24-8-9-26(34(40)16-24)18-42-21-28-10-12-36(48)45-28/h2-9,14-17,20,28-29,42-43H,10-13,18-19,21-22H2,1H3,(H,45,48)(H,46,49)/t28-,29-/m1/s1. The van der Waals surface area contributed by atoms with Crippen molar-refractivity contribution < 1.29 is 9.59 Å². The van der Waals surface area contributed by atoms with Crippen molar-refractivity contribution in [3.05, 3.63) is 116 Å². The largest absolute Gasteiger partial charge is 0.352 e. The van der Waals surface area contributed by atoms with Crippen LogP contribution in [0.15, 0.2) is 83.9 Å². The Morgan fingerprint density at radius 2 is 1.38 bits per heavy atom. The molecular weight excluding hydrogens is 671 g/mol. The van der Waals surface area contributed by atoms with Gasteiger partial charge in [0.15, 0.2) is 0 Å². The molecular formula is C39H38Cl2N6O3. The minimum atomic E-state index is -0.123. The highest BCUT2D eigenvalue weighted by Crippen LogP contribution is 2.40. The molecule has 2 fully saturated rings. The minimum Gasteiger partial charge on any atom is -0.352 e. The molecule has 2 atom stereocenters. The van der Waals surface area contributed by atoms with E-state index < -0.39 is 0 Å². The second kappa shape index (κ2) is 14.7. The Labute approximate surface area is 300 Å². The fraction of sp³-hybridized carbons (Fsp3) is 0.282. The smallest absolute Gasteiger partial charge is 0.262 e. The summed E-state index contributed by atoms with van der Waals surface area (Å²) in [6.45, 7) is 4.36. The number of aromatic nitrogens is 2. The molecule has 2 saturated heterocycles. The molecule has 0 saturated carbocycles. The Kier molecular flexibility index (Phi) is 10.0. The summed E-state index contributed by atoms with van der Waals surface area (Å²) in [6.07, 6.45) is 6.18. The zero-order chi connectivity index (χ0) is 34.8. The lowest BCUT2D eigenvalue weighted by molar-refractivity contribution is -0.120. The molecule has 11 heteroatoms. The van der Waals surface area contributed by atoms with E-state index in [1.54, 1.807) is 16.8 Å². The van der Waals surface area contributed by atoms with Gasteiger partial charge in [-0.3, -0.25) is 18.8 Å². The molecule has 2 aromatic heterocycles. The predicted molar refractivity (Wildman–Crippen MR) is 198 cm³/mol. The van der Waals surface area contributed by atoms with Crippen LogP contribution >= 0.6 is 23.2 Å². The number of fused-ring (bicyclic) bond motifs is 1. The molecule has 0 spiro atoms. The zero-order valence-corrected chi connectivity index (χ0v) is 29.2. The SMILES string of the molecule is Cc1c(-c2ccn3c(=O)c(CNC[C@H]4CCC(=O)N4)cnc3c2)cccc1-c1cccc(-c2ccc(CNC[C@H]3CCC(=O)N3)c(Cl)c2)c1Cl.